The van der Waals surface area contributed by atoms with Crippen LogP contribution in [-0.2, 0) is 13.5 Å². The first-order valence-corrected chi connectivity index (χ1v) is 7.08. The summed E-state index contributed by atoms with van der Waals surface area (Å²) in [6.45, 7) is 5.84. The number of carbonyl (C=O) groups is 2. The van der Waals surface area contributed by atoms with Gasteiger partial charge in [-0.05, 0) is 32.4 Å². The average molecular weight is 284 g/mol. The van der Waals surface area contributed by atoms with Crippen molar-refractivity contribution in [3.63, 3.8) is 0 Å². The first-order chi connectivity index (χ1) is 9.90. The van der Waals surface area contributed by atoms with Gasteiger partial charge in [0, 0.05) is 18.8 Å². The molecule has 0 unspecified atom stereocenters. The predicted molar refractivity (Wildman–Crippen MR) is 81.8 cm³/mol. The lowest BCUT2D eigenvalue weighted by molar-refractivity contribution is 0.0893. The number of hydrogen-bond acceptors (Lipinski definition) is 3. The number of nitrogens with zero attached hydrogens (tertiary/aromatic N) is 2. The van der Waals surface area contributed by atoms with Crippen molar-refractivity contribution in [2.45, 2.75) is 33.6 Å². The van der Waals surface area contributed by atoms with Crippen LogP contribution in [0.4, 0.5) is 0 Å². The molecule has 1 aromatic heterocycles. The molecule has 0 fully saturated rings. The Morgan fingerprint density at radius 2 is 1.71 bits per heavy atom. The van der Waals surface area contributed by atoms with Gasteiger partial charge in [-0.1, -0.05) is 24.1 Å². The highest BCUT2D eigenvalue weighted by molar-refractivity contribution is 6.13. The molecule has 1 aromatic carbocycles. The Morgan fingerprint density at radius 1 is 1.10 bits per heavy atom. The number of Topliss-reactive ketones (excluding diaryl/α,β-unsaturated/α-hetero) is 2. The lowest BCUT2D eigenvalue weighted by atomic mass is 9.98. The molecular weight excluding hydrogens is 264 g/mol. The van der Waals surface area contributed by atoms with E-state index >= 15 is 0 Å². The SMILES string of the molecule is CCc1nn(C)cc1C(=O)CC(=O)c1cc(C)cc(C)c1. The normalized spacial score (nSPS) is 10.7. The molecule has 0 N–H and O–H groups in total. The quantitative estimate of drug-likeness (QED) is 0.626. The lowest BCUT2D eigenvalue weighted by Crippen LogP contribution is -2.10. The van der Waals surface area contributed by atoms with E-state index in [9.17, 15) is 9.59 Å². The van der Waals surface area contributed by atoms with E-state index in [1.54, 1.807) is 17.9 Å². The van der Waals surface area contributed by atoms with Gasteiger partial charge in [0.2, 0.25) is 0 Å². The Kier molecular flexibility index (Phi) is 4.36. The molecule has 0 spiro atoms. The fourth-order valence-corrected chi connectivity index (χ4v) is 2.51. The van der Waals surface area contributed by atoms with Crippen LogP contribution < -0.4 is 0 Å². The van der Waals surface area contributed by atoms with Crippen LogP contribution >= 0.6 is 0 Å². The molecule has 21 heavy (non-hydrogen) atoms. The van der Waals surface area contributed by atoms with E-state index in [1.165, 1.54) is 0 Å². The van der Waals surface area contributed by atoms with Gasteiger partial charge in [-0.3, -0.25) is 14.3 Å². The highest BCUT2D eigenvalue weighted by Crippen LogP contribution is 2.15. The number of ketones is 2. The predicted octanol–water partition coefficient (Wildman–Crippen LogP) is 3.06. The van der Waals surface area contributed by atoms with Crippen LogP contribution in [0.3, 0.4) is 0 Å². The van der Waals surface area contributed by atoms with E-state index < -0.39 is 0 Å². The number of benzene rings is 1. The fourth-order valence-electron chi connectivity index (χ4n) is 2.51. The summed E-state index contributed by atoms with van der Waals surface area (Å²) in [6.07, 6.45) is 2.26. The van der Waals surface area contributed by atoms with Gasteiger partial charge < -0.3 is 0 Å². The smallest absolute Gasteiger partial charge is 0.174 e. The van der Waals surface area contributed by atoms with Crippen molar-refractivity contribution < 1.29 is 9.59 Å². The molecule has 0 bridgehead atoms. The average Bonchev–Trinajstić information content (AvgIpc) is 2.78. The Hall–Kier alpha value is -2.23. The topological polar surface area (TPSA) is 52.0 Å². The van der Waals surface area contributed by atoms with Crippen molar-refractivity contribution in [1.29, 1.82) is 0 Å². The third-order valence-electron chi connectivity index (χ3n) is 3.41. The molecule has 0 amide bonds. The van der Waals surface area contributed by atoms with Crippen LogP contribution in [0.15, 0.2) is 24.4 Å². The summed E-state index contributed by atoms with van der Waals surface area (Å²) in [6, 6.07) is 5.66. The van der Waals surface area contributed by atoms with E-state index in [-0.39, 0.29) is 18.0 Å². The molecule has 2 aromatic rings. The minimum absolute atomic E-state index is 0.110. The summed E-state index contributed by atoms with van der Waals surface area (Å²) < 4.78 is 1.62. The molecule has 0 saturated heterocycles. The summed E-state index contributed by atoms with van der Waals surface area (Å²) in [7, 11) is 1.78. The third-order valence-corrected chi connectivity index (χ3v) is 3.41. The number of hydrogen-bond donors (Lipinski definition) is 0. The number of aryl methyl sites for hydroxylation is 4. The molecule has 1 heterocycles. The number of aromatic nitrogens is 2. The van der Waals surface area contributed by atoms with E-state index in [0.29, 0.717) is 17.5 Å². The van der Waals surface area contributed by atoms with Gasteiger partial charge >= 0.3 is 0 Å². The van der Waals surface area contributed by atoms with Crippen molar-refractivity contribution >= 4 is 11.6 Å². The van der Waals surface area contributed by atoms with Crippen LogP contribution in [-0.4, -0.2) is 21.3 Å². The van der Waals surface area contributed by atoms with Crippen LogP contribution in [0.25, 0.3) is 0 Å². The Morgan fingerprint density at radius 3 is 2.29 bits per heavy atom. The third kappa shape index (κ3) is 3.45. The summed E-state index contributed by atoms with van der Waals surface area (Å²) in [5, 5.41) is 4.24. The van der Waals surface area contributed by atoms with Crippen LogP contribution in [0.1, 0.15) is 50.9 Å². The second-order valence-corrected chi connectivity index (χ2v) is 5.42. The van der Waals surface area contributed by atoms with Crippen molar-refractivity contribution in [2.24, 2.45) is 7.05 Å². The summed E-state index contributed by atoms with van der Waals surface area (Å²) in [4.78, 5) is 24.6. The zero-order valence-electron chi connectivity index (χ0n) is 12.9. The van der Waals surface area contributed by atoms with E-state index in [1.807, 2.05) is 39.0 Å². The maximum absolute atomic E-state index is 12.3. The van der Waals surface area contributed by atoms with Crippen molar-refractivity contribution in [3.05, 3.63) is 52.3 Å². The Bertz CT molecular complexity index is 679. The molecule has 2 rings (SSSR count). The minimum atomic E-state index is -0.163. The molecule has 0 aliphatic rings. The highest BCUT2D eigenvalue weighted by atomic mass is 16.1. The largest absolute Gasteiger partial charge is 0.294 e. The van der Waals surface area contributed by atoms with Gasteiger partial charge in [0.25, 0.3) is 0 Å². The van der Waals surface area contributed by atoms with Gasteiger partial charge in [0.05, 0.1) is 17.7 Å². The minimum Gasteiger partial charge on any atom is -0.294 e. The van der Waals surface area contributed by atoms with Crippen molar-refractivity contribution in [2.75, 3.05) is 0 Å². The second-order valence-electron chi connectivity index (χ2n) is 5.42. The first kappa shape index (κ1) is 15.2. The van der Waals surface area contributed by atoms with Crippen LogP contribution in [0.2, 0.25) is 0 Å². The lowest BCUT2D eigenvalue weighted by Gasteiger charge is -2.04. The van der Waals surface area contributed by atoms with E-state index in [2.05, 4.69) is 5.10 Å². The Labute approximate surface area is 124 Å². The molecule has 0 atom stereocenters. The maximum Gasteiger partial charge on any atom is 0.174 e. The van der Waals surface area contributed by atoms with Gasteiger partial charge in [0.1, 0.15) is 0 Å². The second kappa shape index (κ2) is 6.04. The highest BCUT2D eigenvalue weighted by Gasteiger charge is 2.18. The summed E-state index contributed by atoms with van der Waals surface area (Å²) in [5.41, 5.74) is 3.96. The van der Waals surface area contributed by atoms with Crippen molar-refractivity contribution in [1.82, 2.24) is 9.78 Å². The first-order valence-electron chi connectivity index (χ1n) is 7.08. The molecule has 4 heteroatoms. The number of carbonyl (C=O) groups excluding carboxylic acids is 2. The standard InChI is InChI=1S/C17H20N2O2/c1-5-15-14(10-19(4)18-15)17(21)9-16(20)13-7-11(2)6-12(3)8-13/h6-8,10H,5,9H2,1-4H3. The van der Waals surface area contributed by atoms with Gasteiger partial charge in [-0.15, -0.1) is 0 Å². The van der Waals surface area contributed by atoms with Crippen molar-refractivity contribution in [3.8, 4) is 0 Å². The molecule has 0 radical (unpaired) electrons. The van der Waals surface area contributed by atoms with Gasteiger partial charge in [0.15, 0.2) is 11.6 Å². The molecule has 110 valence electrons. The van der Waals surface area contributed by atoms with E-state index in [0.717, 1.165) is 16.8 Å². The molecular formula is C17H20N2O2. The van der Waals surface area contributed by atoms with Crippen LogP contribution in [0.5, 0.6) is 0 Å². The number of rotatable bonds is 5. The fraction of sp³-hybridized carbons (Fsp3) is 0.353. The van der Waals surface area contributed by atoms with E-state index in [4.69, 9.17) is 0 Å². The summed E-state index contributed by atoms with van der Waals surface area (Å²) >= 11 is 0. The molecule has 0 saturated carbocycles. The molecule has 0 aliphatic carbocycles. The van der Waals surface area contributed by atoms with Gasteiger partial charge in [-0.2, -0.15) is 5.10 Å². The molecule has 4 nitrogen and oxygen atoms in total. The summed E-state index contributed by atoms with van der Waals surface area (Å²) in [5.74, 6) is -0.304. The monoisotopic (exact) mass is 284 g/mol. The maximum atomic E-state index is 12.3. The Balaban J connectivity index is 2.20. The molecule has 0 aliphatic heterocycles. The zero-order chi connectivity index (χ0) is 15.6. The van der Waals surface area contributed by atoms with Crippen LogP contribution in [0, 0.1) is 13.8 Å². The van der Waals surface area contributed by atoms with Gasteiger partial charge in [-0.25, -0.2) is 0 Å². The zero-order valence-corrected chi connectivity index (χ0v) is 12.9.